The van der Waals surface area contributed by atoms with Crippen molar-refractivity contribution in [3.63, 3.8) is 0 Å². The number of rotatable bonds is 4. The van der Waals surface area contributed by atoms with Crippen LogP contribution in [-0.2, 0) is 10.0 Å². The van der Waals surface area contributed by atoms with Crippen molar-refractivity contribution in [2.45, 2.75) is 4.90 Å². The fourth-order valence-corrected chi connectivity index (χ4v) is 5.78. The highest BCUT2D eigenvalue weighted by atomic mass is 79.9. The molecular formula is C24H21BrN4O2S. The molecule has 4 aromatic rings. The van der Waals surface area contributed by atoms with E-state index in [1.165, 1.54) is 0 Å². The molecule has 0 unspecified atom stereocenters. The summed E-state index contributed by atoms with van der Waals surface area (Å²) in [6.07, 6.45) is 0. The maximum atomic E-state index is 13.0. The predicted octanol–water partition coefficient (Wildman–Crippen LogP) is 4.57. The first kappa shape index (κ1) is 21.1. The standard InChI is InChI=1S/C24H21BrN4O2S/c25-19-8-6-7-18(17-19)23-26-22-12-5-4-11-21(22)24(27-23)28-13-15-29(16-14-28)32(30,31)20-9-2-1-3-10-20/h1-12,17H,13-16H2. The van der Waals surface area contributed by atoms with E-state index in [0.717, 1.165) is 26.8 Å². The fraction of sp³-hybridized carbons (Fsp3) is 0.167. The van der Waals surface area contributed by atoms with Crippen molar-refractivity contribution in [3.8, 4) is 11.4 Å². The molecule has 0 aliphatic carbocycles. The molecule has 0 atom stereocenters. The molecule has 0 amide bonds. The molecule has 1 aliphatic rings. The summed E-state index contributed by atoms with van der Waals surface area (Å²) >= 11 is 3.52. The van der Waals surface area contributed by atoms with Gasteiger partial charge in [0.2, 0.25) is 10.0 Å². The molecule has 1 aliphatic heterocycles. The average molecular weight is 509 g/mol. The Balaban J connectivity index is 1.47. The SMILES string of the molecule is O=S(=O)(c1ccccc1)N1CCN(c2nc(-c3cccc(Br)c3)nc3ccccc23)CC1. The quantitative estimate of drug-likeness (QED) is 0.403. The lowest BCUT2D eigenvalue weighted by molar-refractivity contribution is 0.384. The highest BCUT2D eigenvalue weighted by Gasteiger charge is 2.29. The van der Waals surface area contributed by atoms with Crippen LogP contribution in [0.4, 0.5) is 5.82 Å². The van der Waals surface area contributed by atoms with Gasteiger partial charge in [-0.05, 0) is 36.4 Å². The van der Waals surface area contributed by atoms with Crippen molar-refractivity contribution in [2.75, 3.05) is 31.1 Å². The second-order valence-electron chi connectivity index (χ2n) is 7.60. The van der Waals surface area contributed by atoms with Crippen LogP contribution in [0, 0.1) is 0 Å². The van der Waals surface area contributed by atoms with Crippen molar-refractivity contribution in [1.82, 2.24) is 14.3 Å². The van der Waals surface area contributed by atoms with E-state index in [1.807, 2.05) is 54.6 Å². The number of sulfonamides is 1. The Morgan fingerprint density at radius 1 is 0.781 bits per heavy atom. The van der Waals surface area contributed by atoms with Crippen molar-refractivity contribution < 1.29 is 8.42 Å². The fourth-order valence-electron chi connectivity index (χ4n) is 3.94. The van der Waals surface area contributed by atoms with Crippen LogP contribution in [-0.4, -0.2) is 48.9 Å². The summed E-state index contributed by atoms with van der Waals surface area (Å²) < 4.78 is 28.5. The molecule has 2 heterocycles. The molecule has 1 fully saturated rings. The molecule has 1 aromatic heterocycles. The number of aromatic nitrogens is 2. The molecule has 5 rings (SSSR count). The maximum absolute atomic E-state index is 13.0. The number of para-hydroxylation sites is 1. The number of anilines is 1. The molecule has 0 spiro atoms. The van der Waals surface area contributed by atoms with E-state index in [2.05, 4.69) is 20.8 Å². The Kier molecular flexibility index (Phi) is 5.67. The molecule has 0 bridgehead atoms. The highest BCUT2D eigenvalue weighted by molar-refractivity contribution is 9.10. The van der Waals surface area contributed by atoms with Gasteiger partial charge in [-0.25, -0.2) is 18.4 Å². The Morgan fingerprint density at radius 2 is 1.50 bits per heavy atom. The largest absolute Gasteiger partial charge is 0.353 e. The molecule has 162 valence electrons. The van der Waals surface area contributed by atoms with E-state index in [4.69, 9.17) is 9.97 Å². The first-order valence-corrected chi connectivity index (χ1v) is 12.6. The summed E-state index contributed by atoms with van der Waals surface area (Å²) in [7, 11) is -3.50. The van der Waals surface area contributed by atoms with Gasteiger partial charge < -0.3 is 4.90 Å². The number of hydrogen-bond donors (Lipinski definition) is 0. The third-order valence-electron chi connectivity index (χ3n) is 5.59. The molecule has 0 N–H and O–H groups in total. The summed E-state index contributed by atoms with van der Waals surface area (Å²) in [5.74, 6) is 1.49. The zero-order chi connectivity index (χ0) is 22.1. The first-order valence-electron chi connectivity index (χ1n) is 10.4. The minimum atomic E-state index is -3.50. The van der Waals surface area contributed by atoms with Gasteiger partial charge in [-0.1, -0.05) is 58.4 Å². The van der Waals surface area contributed by atoms with Gasteiger partial charge in [0.15, 0.2) is 5.82 Å². The topological polar surface area (TPSA) is 66.4 Å². The van der Waals surface area contributed by atoms with Gasteiger partial charge in [0, 0.05) is 41.6 Å². The van der Waals surface area contributed by atoms with Crippen LogP contribution in [0.2, 0.25) is 0 Å². The Bertz CT molecular complexity index is 1370. The van der Waals surface area contributed by atoms with Crippen LogP contribution in [0.5, 0.6) is 0 Å². The summed E-state index contributed by atoms with van der Waals surface area (Å²) in [6, 6.07) is 24.5. The minimum Gasteiger partial charge on any atom is -0.353 e. The molecule has 0 radical (unpaired) electrons. The molecule has 6 nitrogen and oxygen atoms in total. The molecule has 1 saturated heterocycles. The van der Waals surface area contributed by atoms with Gasteiger partial charge in [0.05, 0.1) is 10.4 Å². The maximum Gasteiger partial charge on any atom is 0.243 e. The Labute approximate surface area is 195 Å². The van der Waals surface area contributed by atoms with Gasteiger partial charge in [-0.2, -0.15) is 4.31 Å². The van der Waals surface area contributed by atoms with Crippen LogP contribution < -0.4 is 4.90 Å². The van der Waals surface area contributed by atoms with E-state index in [1.54, 1.807) is 28.6 Å². The van der Waals surface area contributed by atoms with Crippen LogP contribution in [0.25, 0.3) is 22.3 Å². The summed E-state index contributed by atoms with van der Waals surface area (Å²) in [6.45, 7) is 1.93. The van der Waals surface area contributed by atoms with E-state index in [-0.39, 0.29) is 0 Å². The average Bonchev–Trinajstić information content (AvgIpc) is 2.84. The summed E-state index contributed by atoms with van der Waals surface area (Å²) in [5.41, 5.74) is 1.79. The van der Waals surface area contributed by atoms with E-state index in [0.29, 0.717) is 36.9 Å². The minimum absolute atomic E-state index is 0.331. The van der Waals surface area contributed by atoms with Crippen LogP contribution in [0.1, 0.15) is 0 Å². The molecule has 0 saturated carbocycles. The van der Waals surface area contributed by atoms with Crippen LogP contribution in [0.3, 0.4) is 0 Å². The van der Waals surface area contributed by atoms with Crippen molar-refractivity contribution >= 4 is 42.7 Å². The number of hydrogen-bond acceptors (Lipinski definition) is 5. The molecule has 3 aromatic carbocycles. The van der Waals surface area contributed by atoms with Gasteiger partial charge in [0.25, 0.3) is 0 Å². The van der Waals surface area contributed by atoms with Crippen LogP contribution in [0.15, 0.2) is 88.2 Å². The molecule has 8 heteroatoms. The Morgan fingerprint density at radius 3 is 2.25 bits per heavy atom. The van der Waals surface area contributed by atoms with Crippen molar-refractivity contribution in [1.29, 1.82) is 0 Å². The van der Waals surface area contributed by atoms with E-state index in [9.17, 15) is 8.42 Å². The van der Waals surface area contributed by atoms with Gasteiger partial charge in [-0.15, -0.1) is 0 Å². The number of piperazine rings is 1. The third-order valence-corrected chi connectivity index (χ3v) is 7.99. The predicted molar refractivity (Wildman–Crippen MR) is 130 cm³/mol. The smallest absolute Gasteiger partial charge is 0.243 e. The lowest BCUT2D eigenvalue weighted by Gasteiger charge is -2.35. The normalized spacial score (nSPS) is 15.2. The van der Waals surface area contributed by atoms with Gasteiger partial charge >= 0.3 is 0 Å². The zero-order valence-corrected chi connectivity index (χ0v) is 19.6. The third kappa shape index (κ3) is 4.01. The lowest BCUT2D eigenvalue weighted by Crippen LogP contribution is -2.49. The van der Waals surface area contributed by atoms with Gasteiger partial charge in [0.1, 0.15) is 5.82 Å². The second-order valence-corrected chi connectivity index (χ2v) is 10.5. The van der Waals surface area contributed by atoms with Crippen molar-refractivity contribution in [2.24, 2.45) is 0 Å². The van der Waals surface area contributed by atoms with Gasteiger partial charge in [-0.3, -0.25) is 0 Å². The Hall–Kier alpha value is -2.81. The zero-order valence-electron chi connectivity index (χ0n) is 17.2. The highest BCUT2D eigenvalue weighted by Crippen LogP contribution is 2.30. The van der Waals surface area contributed by atoms with Crippen LogP contribution >= 0.6 is 15.9 Å². The number of halogens is 1. The van der Waals surface area contributed by atoms with Crippen molar-refractivity contribution in [3.05, 3.63) is 83.3 Å². The van der Waals surface area contributed by atoms with E-state index < -0.39 is 10.0 Å². The van der Waals surface area contributed by atoms with E-state index >= 15 is 0 Å². The number of benzene rings is 3. The number of nitrogens with zero attached hydrogens (tertiary/aromatic N) is 4. The monoisotopic (exact) mass is 508 g/mol. The number of fused-ring (bicyclic) bond motifs is 1. The first-order chi connectivity index (χ1) is 15.5. The summed E-state index contributed by atoms with van der Waals surface area (Å²) in [5, 5.41) is 0.964. The lowest BCUT2D eigenvalue weighted by atomic mass is 10.1. The second kappa shape index (κ2) is 8.61. The molecule has 32 heavy (non-hydrogen) atoms. The summed E-state index contributed by atoms with van der Waals surface area (Å²) in [4.78, 5) is 12.2. The molecular weight excluding hydrogens is 488 g/mol.